The van der Waals surface area contributed by atoms with Crippen molar-refractivity contribution in [1.82, 2.24) is 14.5 Å². The van der Waals surface area contributed by atoms with Crippen LogP contribution in [0.1, 0.15) is 18.6 Å². The molecule has 102 valence electrons. The zero-order valence-corrected chi connectivity index (χ0v) is 12.4. The first-order chi connectivity index (χ1) is 9.67. The number of benzene rings is 1. The highest BCUT2D eigenvalue weighted by atomic mass is 79.9. The predicted molar refractivity (Wildman–Crippen MR) is 78.7 cm³/mol. The maximum atomic E-state index is 12.4. The minimum Gasteiger partial charge on any atom is -0.444 e. The Hall–Kier alpha value is -1.95. The smallest absolute Gasteiger partial charge is 0.261 e. The summed E-state index contributed by atoms with van der Waals surface area (Å²) in [5.41, 5.74) is 0.573. The summed E-state index contributed by atoms with van der Waals surface area (Å²) in [7, 11) is 0. The summed E-state index contributed by atoms with van der Waals surface area (Å²) in [6.07, 6.45) is 3.99. The monoisotopic (exact) mass is 333 g/mol. The second-order valence-corrected chi connectivity index (χ2v) is 5.33. The Balaban J connectivity index is 2.03. The highest BCUT2D eigenvalue weighted by Crippen LogP contribution is 2.15. The number of fused-ring (bicyclic) bond motifs is 1. The Morgan fingerprint density at radius 1 is 1.35 bits per heavy atom. The Bertz CT molecular complexity index is 823. The van der Waals surface area contributed by atoms with Gasteiger partial charge in [0.2, 0.25) is 5.89 Å². The number of hydrogen-bond acceptors (Lipinski definition) is 4. The fourth-order valence-corrected chi connectivity index (χ4v) is 2.34. The van der Waals surface area contributed by atoms with Crippen molar-refractivity contribution in [2.45, 2.75) is 19.9 Å². The van der Waals surface area contributed by atoms with Crippen LogP contribution in [0.25, 0.3) is 10.9 Å². The number of halogens is 1. The lowest BCUT2D eigenvalue weighted by Crippen LogP contribution is -2.21. The van der Waals surface area contributed by atoms with Crippen LogP contribution in [0.3, 0.4) is 0 Å². The third-order valence-corrected chi connectivity index (χ3v) is 3.53. The quantitative estimate of drug-likeness (QED) is 0.739. The molecule has 0 fully saturated rings. The van der Waals surface area contributed by atoms with Crippen LogP contribution in [0.4, 0.5) is 0 Å². The molecule has 1 aromatic carbocycles. The number of rotatable bonds is 3. The molecule has 0 saturated carbocycles. The van der Waals surface area contributed by atoms with E-state index in [1.165, 1.54) is 10.9 Å². The van der Waals surface area contributed by atoms with Crippen LogP contribution in [0.2, 0.25) is 0 Å². The van der Waals surface area contributed by atoms with Gasteiger partial charge in [-0.05, 0) is 18.2 Å². The van der Waals surface area contributed by atoms with Gasteiger partial charge in [-0.2, -0.15) is 0 Å². The molecule has 0 atom stereocenters. The molecule has 6 heteroatoms. The van der Waals surface area contributed by atoms with Gasteiger partial charge in [-0.3, -0.25) is 9.36 Å². The molecule has 2 aromatic heterocycles. The van der Waals surface area contributed by atoms with Crippen molar-refractivity contribution >= 4 is 26.8 Å². The van der Waals surface area contributed by atoms with Crippen LogP contribution in [0, 0.1) is 0 Å². The molecule has 0 N–H and O–H groups in total. The molecular weight excluding hydrogens is 322 g/mol. The van der Waals surface area contributed by atoms with Crippen LogP contribution < -0.4 is 5.56 Å². The summed E-state index contributed by atoms with van der Waals surface area (Å²) in [4.78, 5) is 20.8. The van der Waals surface area contributed by atoms with Gasteiger partial charge >= 0.3 is 0 Å². The molecule has 0 saturated heterocycles. The topological polar surface area (TPSA) is 60.9 Å². The van der Waals surface area contributed by atoms with Crippen molar-refractivity contribution in [3.63, 3.8) is 0 Å². The Kier molecular flexibility index (Phi) is 3.40. The number of aryl methyl sites for hydroxylation is 1. The summed E-state index contributed by atoms with van der Waals surface area (Å²) >= 11 is 3.36. The Morgan fingerprint density at radius 3 is 2.95 bits per heavy atom. The Morgan fingerprint density at radius 2 is 2.20 bits per heavy atom. The summed E-state index contributed by atoms with van der Waals surface area (Å²) in [6.45, 7) is 2.28. The first-order valence-electron chi connectivity index (χ1n) is 6.25. The van der Waals surface area contributed by atoms with E-state index in [1.54, 1.807) is 12.3 Å². The van der Waals surface area contributed by atoms with E-state index in [0.29, 0.717) is 16.8 Å². The fraction of sp³-hybridized carbons (Fsp3) is 0.214. The molecule has 0 aliphatic rings. The SMILES string of the molecule is CCc1cnc(Cn2cnc3ccc(Br)cc3c2=O)o1. The van der Waals surface area contributed by atoms with E-state index in [-0.39, 0.29) is 12.1 Å². The lowest BCUT2D eigenvalue weighted by atomic mass is 10.2. The highest BCUT2D eigenvalue weighted by molar-refractivity contribution is 9.10. The normalized spacial score (nSPS) is 11.1. The Labute approximate surface area is 123 Å². The molecule has 0 amide bonds. The van der Waals surface area contributed by atoms with E-state index in [2.05, 4.69) is 25.9 Å². The van der Waals surface area contributed by atoms with E-state index in [9.17, 15) is 4.79 Å². The maximum absolute atomic E-state index is 12.4. The van der Waals surface area contributed by atoms with Crippen LogP contribution in [-0.4, -0.2) is 14.5 Å². The lowest BCUT2D eigenvalue weighted by Gasteiger charge is -2.04. The van der Waals surface area contributed by atoms with Gasteiger partial charge in [-0.25, -0.2) is 9.97 Å². The van der Waals surface area contributed by atoms with E-state index in [1.807, 2.05) is 19.1 Å². The molecular formula is C14H12BrN3O2. The molecule has 3 rings (SSSR count). The number of hydrogen-bond donors (Lipinski definition) is 0. The molecule has 0 aliphatic heterocycles. The summed E-state index contributed by atoms with van der Waals surface area (Å²) in [5.74, 6) is 1.32. The molecule has 2 heterocycles. The number of aromatic nitrogens is 3. The highest BCUT2D eigenvalue weighted by Gasteiger charge is 2.08. The largest absolute Gasteiger partial charge is 0.444 e. The van der Waals surface area contributed by atoms with E-state index in [4.69, 9.17) is 4.42 Å². The standard InChI is InChI=1S/C14H12BrN3O2/c1-2-10-6-16-13(20-10)7-18-8-17-12-4-3-9(15)5-11(12)14(18)19/h3-6,8H,2,7H2,1H3. The molecule has 0 aliphatic carbocycles. The molecule has 0 spiro atoms. The van der Waals surface area contributed by atoms with E-state index in [0.717, 1.165) is 16.7 Å². The third-order valence-electron chi connectivity index (χ3n) is 3.04. The second-order valence-electron chi connectivity index (χ2n) is 4.41. The average molecular weight is 334 g/mol. The van der Waals surface area contributed by atoms with Gasteiger partial charge in [-0.1, -0.05) is 22.9 Å². The van der Waals surface area contributed by atoms with Crippen LogP contribution in [-0.2, 0) is 13.0 Å². The first-order valence-corrected chi connectivity index (χ1v) is 7.05. The van der Waals surface area contributed by atoms with E-state index < -0.39 is 0 Å². The van der Waals surface area contributed by atoms with Crippen molar-refractivity contribution in [2.24, 2.45) is 0 Å². The van der Waals surface area contributed by atoms with Crippen LogP contribution in [0.5, 0.6) is 0 Å². The molecule has 5 nitrogen and oxygen atoms in total. The predicted octanol–water partition coefficient (Wildman–Crippen LogP) is 2.76. The molecule has 0 bridgehead atoms. The summed E-state index contributed by atoms with van der Waals surface area (Å²) < 4.78 is 7.87. The zero-order valence-electron chi connectivity index (χ0n) is 10.8. The molecule has 20 heavy (non-hydrogen) atoms. The molecule has 3 aromatic rings. The third kappa shape index (κ3) is 2.38. The van der Waals surface area contributed by atoms with Crippen molar-refractivity contribution in [3.8, 4) is 0 Å². The summed E-state index contributed by atoms with van der Waals surface area (Å²) in [6, 6.07) is 5.44. The fourth-order valence-electron chi connectivity index (χ4n) is 1.97. The van der Waals surface area contributed by atoms with Crippen molar-refractivity contribution < 1.29 is 4.42 Å². The van der Waals surface area contributed by atoms with Gasteiger partial charge in [0.05, 0.1) is 23.4 Å². The number of oxazole rings is 1. The minimum absolute atomic E-state index is 0.104. The zero-order chi connectivity index (χ0) is 14.1. The van der Waals surface area contributed by atoms with Crippen molar-refractivity contribution in [3.05, 3.63) is 57.2 Å². The van der Waals surface area contributed by atoms with Crippen molar-refractivity contribution in [1.29, 1.82) is 0 Å². The summed E-state index contributed by atoms with van der Waals surface area (Å²) in [5, 5.41) is 0.573. The van der Waals surface area contributed by atoms with Gasteiger partial charge < -0.3 is 4.42 Å². The van der Waals surface area contributed by atoms with Gasteiger partial charge in [-0.15, -0.1) is 0 Å². The second kappa shape index (κ2) is 5.20. The van der Waals surface area contributed by atoms with Gasteiger partial charge in [0.25, 0.3) is 5.56 Å². The van der Waals surface area contributed by atoms with Crippen molar-refractivity contribution in [2.75, 3.05) is 0 Å². The maximum Gasteiger partial charge on any atom is 0.261 e. The van der Waals surface area contributed by atoms with Gasteiger partial charge in [0.15, 0.2) is 0 Å². The minimum atomic E-state index is -0.104. The average Bonchev–Trinajstić information content (AvgIpc) is 2.90. The molecule has 0 unspecified atom stereocenters. The lowest BCUT2D eigenvalue weighted by molar-refractivity contribution is 0.443. The van der Waals surface area contributed by atoms with Crippen LogP contribution in [0.15, 0.2) is 44.4 Å². The van der Waals surface area contributed by atoms with Gasteiger partial charge in [0, 0.05) is 10.9 Å². The van der Waals surface area contributed by atoms with Gasteiger partial charge in [0.1, 0.15) is 12.3 Å². The number of nitrogens with zero attached hydrogens (tertiary/aromatic N) is 3. The first kappa shape index (κ1) is 13.1. The van der Waals surface area contributed by atoms with Crippen LogP contribution >= 0.6 is 15.9 Å². The van der Waals surface area contributed by atoms with E-state index >= 15 is 0 Å². The molecule has 0 radical (unpaired) electrons.